The van der Waals surface area contributed by atoms with Crippen molar-refractivity contribution in [2.45, 2.75) is 26.4 Å². The van der Waals surface area contributed by atoms with E-state index in [1.165, 1.54) is 12.1 Å². The summed E-state index contributed by atoms with van der Waals surface area (Å²) < 4.78 is 105. The summed E-state index contributed by atoms with van der Waals surface area (Å²) in [5.41, 5.74) is 2.48. The average Bonchev–Trinajstić information content (AvgIpc) is 3.51. The van der Waals surface area contributed by atoms with Crippen LogP contribution in [0.3, 0.4) is 0 Å². The molecular weight excluding hydrogens is 624 g/mol. The lowest BCUT2D eigenvalue weighted by molar-refractivity contribution is -0.274. The van der Waals surface area contributed by atoms with Crippen LogP contribution in [0.2, 0.25) is 5.15 Å². The number of nitrogens with zero attached hydrogens (tertiary/aromatic N) is 3. The van der Waals surface area contributed by atoms with Crippen LogP contribution in [-0.2, 0) is 17.7 Å². The number of oxazole rings is 1. The summed E-state index contributed by atoms with van der Waals surface area (Å²) >= 11 is 5.46. The van der Waals surface area contributed by atoms with Gasteiger partial charge in [0.2, 0.25) is 0 Å². The zero-order chi connectivity index (χ0) is 31.5. The van der Waals surface area contributed by atoms with E-state index in [-0.39, 0.29) is 28.2 Å². The van der Waals surface area contributed by atoms with Crippen LogP contribution >= 0.6 is 11.6 Å². The Morgan fingerprint density at radius 2 is 1.49 bits per heavy atom. The van der Waals surface area contributed by atoms with Gasteiger partial charge < -0.3 is 9.15 Å². The normalized spacial score (nSPS) is 11.6. The van der Waals surface area contributed by atoms with E-state index in [2.05, 4.69) is 14.8 Å². The number of benzene rings is 3. The molecule has 0 N–H and O–H groups in total. The Kier molecular flexibility index (Phi) is 9.11. The SMILES string of the molecule is Cc1cccc(-c2ccc(-n3nc(C(F)(F)F)cc3Cl)c(-c3nc(C)oc3-c3ccc(OC(F)(F)F)cc3)c2)c1.O=S=O. The van der Waals surface area contributed by atoms with Crippen LogP contribution in [0.4, 0.5) is 26.3 Å². The van der Waals surface area contributed by atoms with Crippen molar-refractivity contribution in [3.8, 4) is 45.1 Å². The largest absolute Gasteiger partial charge is 0.573 e. The molecule has 0 saturated heterocycles. The molecule has 0 fully saturated rings. The number of ether oxygens (including phenoxy) is 1. The number of aromatic nitrogens is 3. The lowest BCUT2D eigenvalue weighted by Gasteiger charge is -2.13. The molecule has 0 amide bonds. The second-order valence-corrected chi connectivity index (χ2v) is 9.44. The van der Waals surface area contributed by atoms with E-state index in [1.54, 1.807) is 25.1 Å². The fraction of sp³-hybridized carbons (Fsp3) is 0.143. The van der Waals surface area contributed by atoms with Gasteiger partial charge in [-0.25, -0.2) is 9.67 Å². The highest BCUT2D eigenvalue weighted by Gasteiger charge is 2.35. The number of alkyl halides is 6. The molecule has 224 valence electrons. The van der Waals surface area contributed by atoms with Crippen LogP contribution in [0.1, 0.15) is 17.1 Å². The third-order valence-electron chi connectivity index (χ3n) is 5.87. The number of hydrogen-bond acceptors (Lipinski definition) is 6. The van der Waals surface area contributed by atoms with E-state index in [0.717, 1.165) is 33.5 Å². The van der Waals surface area contributed by atoms with E-state index in [1.807, 2.05) is 31.2 Å². The van der Waals surface area contributed by atoms with E-state index in [9.17, 15) is 26.3 Å². The molecular formula is C28H18ClF6N3O4S. The first-order valence-corrected chi connectivity index (χ1v) is 13.0. The maximum atomic E-state index is 13.4. The second kappa shape index (κ2) is 12.4. The van der Waals surface area contributed by atoms with E-state index in [0.29, 0.717) is 17.2 Å². The molecule has 43 heavy (non-hydrogen) atoms. The predicted octanol–water partition coefficient (Wildman–Crippen LogP) is 8.38. The number of aryl methyl sites for hydroxylation is 2. The molecule has 3 aromatic carbocycles. The Morgan fingerprint density at radius 1 is 0.860 bits per heavy atom. The van der Waals surface area contributed by atoms with Gasteiger partial charge >= 0.3 is 24.1 Å². The number of hydrogen-bond donors (Lipinski definition) is 0. The van der Waals surface area contributed by atoms with E-state index < -0.39 is 35.6 Å². The molecule has 0 unspecified atom stereocenters. The fourth-order valence-corrected chi connectivity index (χ4v) is 4.43. The molecule has 7 nitrogen and oxygen atoms in total. The molecule has 2 aromatic heterocycles. The zero-order valence-electron chi connectivity index (χ0n) is 22.0. The van der Waals surface area contributed by atoms with Crippen molar-refractivity contribution < 1.29 is 43.9 Å². The molecule has 5 aromatic rings. The molecule has 0 radical (unpaired) electrons. The van der Waals surface area contributed by atoms with E-state index in [4.69, 9.17) is 24.4 Å². The first-order chi connectivity index (χ1) is 20.2. The predicted molar refractivity (Wildman–Crippen MR) is 145 cm³/mol. The lowest BCUT2D eigenvalue weighted by atomic mass is 9.97. The third-order valence-corrected chi connectivity index (χ3v) is 6.14. The van der Waals surface area contributed by atoms with Gasteiger partial charge in [-0.2, -0.15) is 26.7 Å². The Morgan fingerprint density at radius 3 is 2.07 bits per heavy atom. The van der Waals surface area contributed by atoms with Gasteiger partial charge in [0.05, 0.1) is 5.69 Å². The highest BCUT2D eigenvalue weighted by Crippen LogP contribution is 2.40. The Bertz CT molecular complexity index is 1790. The monoisotopic (exact) mass is 641 g/mol. The van der Waals surface area contributed by atoms with Crippen molar-refractivity contribution in [2.24, 2.45) is 0 Å². The highest BCUT2D eigenvalue weighted by molar-refractivity contribution is 7.51. The summed E-state index contributed by atoms with van der Waals surface area (Å²) in [4.78, 5) is 4.48. The summed E-state index contributed by atoms with van der Waals surface area (Å²) in [6.07, 6.45) is -9.59. The quantitative estimate of drug-likeness (QED) is 0.179. The van der Waals surface area contributed by atoms with Gasteiger partial charge in [-0.15, -0.1) is 13.2 Å². The van der Waals surface area contributed by atoms with Crippen molar-refractivity contribution in [1.82, 2.24) is 14.8 Å². The molecule has 0 bridgehead atoms. The number of halogens is 7. The summed E-state index contributed by atoms with van der Waals surface area (Å²) in [7, 11) is 0. The van der Waals surface area contributed by atoms with Gasteiger partial charge in [0, 0.05) is 24.1 Å². The lowest BCUT2D eigenvalue weighted by Crippen LogP contribution is -2.16. The topological polar surface area (TPSA) is 87.2 Å². The highest BCUT2D eigenvalue weighted by atomic mass is 35.5. The van der Waals surface area contributed by atoms with Gasteiger partial charge in [-0.3, -0.25) is 0 Å². The molecule has 0 spiro atoms. The summed E-state index contributed by atoms with van der Waals surface area (Å²) in [6.45, 7) is 3.49. The van der Waals surface area contributed by atoms with Crippen LogP contribution in [0, 0.1) is 13.8 Å². The van der Waals surface area contributed by atoms with Crippen molar-refractivity contribution in [3.05, 3.63) is 95.1 Å². The molecule has 0 aliphatic rings. The molecule has 0 aliphatic heterocycles. The van der Waals surface area contributed by atoms with E-state index >= 15 is 0 Å². The maximum Gasteiger partial charge on any atom is 0.573 e. The van der Waals surface area contributed by atoms with Gasteiger partial charge in [-0.05, 0) is 54.4 Å². The first kappa shape index (κ1) is 31.5. The van der Waals surface area contributed by atoms with Gasteiger partial charge in [0.15, 0.2) is 17.3 Å². The molecule has 0 atom stereocenters. The van der Waals surface area contributed by atoms with Gasteiger partial charge in [0.25, 0.3) is 0 Å². The van der Waals surface area contributed by atoms with Crippen molar-refractivity contribution >= 4 is 23.2 Å². The summed E-state index contributed by atoms with van der Waals surface area (Å²) in [6, 6.07) is 18.3. The smallest absolute Gasteiger partial charge is 0.440 e. The number of rotatable bonds is 5. The molecule has 2 heterocycles. The minimum Gasteiger partial charge on any atom is -0.440 e. The Labute approximate surface area is 248 Å². The summed E-state index contributed by atoms with van der Waals surface area (Å²) in [5, 5.41) is 3.40. The van der Waals surface area contributed by atoms with Gasteiger partial charge in [-0.1, -0.05) is 47.5 Å². The minimum atomic E-state index is -4.86. The molecule has 0 saturated carbocycles. The first-order valence-electron chi connectivity index (χ1n) is 12.0. The van der Waals surface area contributed by atoms with Crippen molar-refractivity contribution in [1.29, 1.82) is 0 Å². The molecule has 5 rings (SSSR count). The van der Waals surface area contributed by atoms with Crippen LogP contribution in [0.15, 0.2) is 77.2 Å². The average molecular weight is 642 g/mol. The van der Waals surface area contributed by atoms with Crippen LogP contribution in [0.25, 0.3) is 39.4 Å². The maximum absolute atomic E-state index is 13.4. The van der Waals surface area contributed by atoms with Gasteiger partial charge in [0.1, 0.15) is 16.6 Å². The second-order valence-electron chi connectivity index (χ2n) is 8.91. The molecule has 0 aliphatic carbocycles. The Balaban J connectivity index is 0.00000135. The Hall–Kier alpha value is -4.43. The zero-order valence-corrected chi connectivity index (χ0v) is 23.5. The fourth-order valence-electron chi connectivity index (χ4n) is 4.19. The summed E-state index contributed by atoms with van der Waals surface area (Å²) in [5.74, 6) is -0.0349. The third kappa shape index (κ3) is 7.51. The van der Waals surface area contributed by atoms with Crippen LogP contribution in [0.5, 0.6) is 5.75 Å². The molecule has 15 heteroatoms. The van der Waals surface area contributed by atoms with Crippen molar-refractivity contribution in [3.63, 3.8) is 0 Å². The van der Waals surface area contributed by atoms with Crippen LogP contribution < -0.4 is 4.74 Å². The van der Waals surface area contributed by atoms with Crippen LogP contribution in [-0.4, -0.2) is 29.5 Å². The minimum absolute atomic E-state index is 0.179. The van der Waals surface area contributed by atoms with Crippen molar-refractivity contribution in [2.75, 3.05) is 0 Å². The standard InChI is InChI=1S/C28H18ClF6N3O2.O2S/c1-15-4-3-5-18(12-15)19-8-11-22(38-24(29)14-23(37-38)27(30,31)32)21(13-19)25-26(39-16(2)36-25)17-6-9-20(10-7-17)40-28(33,34)35;1-3-2/h3-14H,1-2H3;.